The molecule has 0 heterocycles. The third kappa shape index (κ3) is 4.07. The van der Waals surface area contributed by atoms with Gasteiger partial charge in [-0.2, -0.15) is 0 Å². The van der Waals surface area contributed by atoms with E-state index >= 15 is 0 Å². The minimum atomic E-state index is -0.843. The molecule has 0 aromatic heterocycles. The van der Waals surface area contributed by atoms with E-state index in [-0.39, 0.29) is 11.4 Å². The van der Waals surface area contributed by atoms with Crippen molar-refractivity contribution in [3.63, 3.8) is 0 Å². The van der Waals surface area contributed by atoms with E-state index < -0.39 is 22.8 Å². The van der Waals surface area contributed by atoms with E-state index in [1.54, 1.807) is 19.1 Å². The average molecular weight is 332 g/mol. The number of nitrogens with one attached hydrogen (secondary N) is 1. The van der Waals surface area contributed by atoms with E-state index in [1.807, 2.05) is 19.1 Å². The zero-order valence-electron chi connectivity index (χ0n) is 13.3. The maximum atomic E-state index is 13.8. The van der Waals surface area contributed by atoms with Crippen molar-refractivity contribution >= 4 is 17.3 Å². The number of benzene rings is 2. The van der Waals surface area contributed by atoms with Crippen molar-refractivity contribution in [3.05, 3.63) is 64.0 Å². The highest BCUT2D eigenvalue weighted by Crippen LogP contribution is 2.23. The van der Waals surface area contributed by atoms with Crippen molar-refractivity contribution in [1.82, 2.24) is 0 Å². The van der Waals surface area contributed by atoms with Gasteiger partial charge in [0.15, 0.2) is 6.10 Å². The number of anilines is 1. The molecule has 1 atom stereocenters. The zero-order chi connectivity index (χ0) is 17.7. The summed E-state index contributed by atoms with van der Waals surface area (Å²) < 4.78 is 19.5. The summed E-state index contributed by atoms with van der Waals surface area (Å²) in [6, 6.07) is 10.2. The first-order chi connectivity index (χ1) is 11.4. The van der Waals surface area contributed by atoms with Gasteiger partial charge in [-0.1, -0.05) is 25.1 Å². The van der Waals surface area contributed by atoms with E-state index in [0.29, 0.717) is 12.2 Å². The van der Waals surface area contributed by atoms with Crippen LogP contribution in [0.2, 0.25) is 0 Å². The average Bonchev–Trinajstić information content (AvgIpc) is 2.55. The molecule has 1 N–H and O–H groups in total. The van der Waals surface area contributed by atoms with Gasteiger partial charge in [-0.3, -0.25) is 14.9 Å². The Hall–Kier alpha value is -2.96. The Morgan fingerprint density at radius 1 is 1.33 bits per heavy atom. The number of rotatable bonds is 6. The largest absolute Gasteiger partial charge is 0.480 e. The van der Waals surface area contributed by atoms with Crippen LogP contribution in [-0.4, -0.2) is 16.9 Å². The molecule has 0 spiro atoms. The van der Waals surface area contributed by atoms with Crippen LogP contribution in [0.1, 0.15) is 18.9 Å². The molecule has 1 unspecified atom stereocenters. The van der Waals surface area contributed by atoms with Gasteiger partial charge in [0.1, 0.15) is 11.6 Å². The number of aryl methyl sites for hydroxylation is 1. The van der Waals surface area contributed by atoms with Crippen molar-refractivity contribution in [3.8, 4) is 5.75 Å². The third-order valence-electron chi connectivity index (χ3n) is 3.44. The molecule has 2 rings (SSSR count). The highest BCUT2D eigenvalue weighted by molar-refractivity contribution is 5.94. The molecule has 0 aliphatic carbocycles. The molecule has 0 fully saturated rings. The molecule has 0 radical (unpaired) electrons. The number of para-hydroxylation sites is 1. The number of ether oxygens (including phenoxy) is 1. The number of amides is 1. The van der Waals surface area contributed by atoms with Gasteiger partial charge < -0.3 is 10.1 Å². The normalized spacial score (nSPS) is 11.6. The molecule has 0 aliphatic heterocycles. The maximum absolute atomic E-state index is 13.8. The number of nitrogens with zero attached hydrogens (tertiary/aromatic N) is 1. The second kappa shape index (κ2) is 7.54. The first-order valence-corrected chi connectivity index (χ1v) is 7.39. The molecular weight excluding hydrogens is 315 g/mol. The lowest BCUT2D eigenvalue weighted by atomic mass is 10.2. The van der Waals surface area contributed by atoms with Gasteiger partial charge in [0.2, 0.25) is 0 Å². The summed E-state index contributed by atoms with van der Waals surface area (Å²) in [7, 11) is 0. The van der Waals surface area contributed by atoms with Gasteiger partial charge in [0.25, 0.3) is 11.6 Å². The van der Waals surface area contributed by atoms with E-state index in [9.17, 15) is 19.3 Å². The first kappa shape index (κ1) is 17.4. The Balaban J connectivity index is 2.16. The molecule has 0 saturated heterocycles. The van der Waals surface area contributed by atoms with E-state index in [0.717, 1.165) is 23.8 Å². The minimum Gasteiger partial charge on any atom is -0.480 e. The molecular formula is C17H17FN2O4. The van der Waals surface area contributed by atoms with Crippen LogP contribution in [0.3, 0.4) is 0 Å². The maximum Gasteiger partial charge on any atom is 0.271 e. The highest BCUT2D eigenvalue weighted by atomic mass is 19.1. The summed E-state index contributed by atoms with van der Waals surface area (Å²) in [5.41, 5.74) is 0.311. The Labute approximate surface area is 138 Å². The number of nitro groups is 1. The molecule has 6 nitrogen and oxygen atoms in total. The van der Waals surface area contributed by atoms with Gasteiger partial charge >= 0.3 is 0 Å². The van der Waals surface area contributed by atoms with Crippen LogP contribution in [-0.2, 0) is 4.79 Å². The van der Waals surface area contributed by atoms with Gasteiger partial charge in [0.05, 0.1) is 10.6 Å². The summed E-state index contributed by atoms with van der Waals surface area (Å²) in [5.74, 6) is -0.765. The molecule has 7 heteroatoms. The van der Waals surface area contributed by atoms with Gasteiger partial charge in [-0.25, -0.2) is 4.39 Å². The van der Waals surface area contributed by atoms with Crippen molar-refractivity contribution in [2.75, 3.05) is 5.32 Å². The number of carbonyl (C=O) groups excluding carboxylic acids is 1. The fourth-order valence-electron chi connectivity index (χ4n) is 2.10. The molecule has 126 valence electrons. The molecule has 2 aromatic rings. The molecule has 0 saturated carbocycles. The Bertz CT molecular complexity index is 764. The summed E-state index contributed by atoms with van der Waals surface area (Å²) in [4.78, 5) is 22.4. The van der Waals surface area contributed by atoms with Crippen LogP contribution in [0.25, 0.3) is 0 Å². The van der Waals surface area contributed by atoms with Crippen molar-refractivity contribution < 1.29 is 18.8 Å². The van der Waals surface area contributed by atoms with Crippen LogP contribution in [0, 0.1) is 22.9 Å². The lowest BCUT2D eigenvalue weighted by molar-refractivity contribution is -0.384. The van der Waals surface area contributed by atoms with Crippen molar-refractivity contribution in [1.29, 1.82) is 0 Å². The summed E-state index contributed by atoms with van der Waals surface area (Å²) in [6.07, 6.45) is -0.485. The summed E-state index contributed by atoms with van der Waals surface area (Å²) >= 11 is 0. The Morgan fingerprint density at radius 3 is 2.67 bits per heavy atom. The minimum absolute atomic E-state index is 0.249. The second-order valence-corrected chi connectivity index (χ2v) is 5.19. The molecule has 24 heavy (non-hydrogen) atoms. The SMILES string of the molecule is CCC(Oc1ccccc1C)C(=O)Nc1cc([N+](=O)[O-])ccc1F. The summed E-state index contributed by atoms with van der Waals surface area (Å²) in [5, 5.41) is 13.1. The standard InChI is InChI=1S/C17H17FN2O4/c1-3-15(24-16-7-5-4-6-11(16)2)17(21)19-14-10-12(20(22)23)8-9-13(14)18/h4-10,15H,3H2,1-2H3,(H,19,21). The molecule has 1 amide bonds. The lowest BCUT2D eigenvalue weighted by Gasteiger charge is -2.18. The quantitative estimate of drug-likeness (QED) is 0.644. The Morgan fingerprint density at radius 2 is 2.04 bits per heavy atom. The molecule has 0 aliphatic rings. The van der Waals surface area contributed by atoms with Crippen LogP contribution in [0.4, 0.5) is 15.8 Å². The number of nitro benzene ring substituents is 1. The number of non-ortho nitro benzene ring substituents is 1. The number of hydrogen-bond donors (Lipinski definition) is 1. The van der Waals surface area contributed by atoms with Crippen LogP contribution in [0.5, 0.6) is 5.75 Å². The summed E-state index contributed by atoms with van der Waals surface area (Å²) in [6.45, 7) is 3.60. The fourth-order valence-corrected chi connectivity index (χ4v) is 2.10. The topological polar surface area (TPSA) is 81.5 Å². The Kier molecular flexibility index (Phi) is 5.47. The van der Waals surface area contributed by atoms with E-state index in [1.165, 1.54) is 0 Å². The van der Waals surface area contributed by atoms with Crippen LogP contribution < -0.4 is 10.1 Å². The van der Waals surface area contributed by atoms with Crippen LogP contribution in [0.15, 0.2) is 42.5 Å². The third-order valence-corrected chi connectivity index (χ3v) is 3.44. The number of halogens is 1. The molecule has 2 aromatic carbocycles. The predicted molar refractivity (Wildman–Crippen MR) is 87.6 cm³/mol. The second-order valence-electron chi connectivity index (χ2n) is 5.19. The highest BCUT2D eigenvalue weighted by Gasteiger charge is 2.21. The number of carbonyl (C=O) groups is 1. The fraction of sp³-hybridized carbons (Fsp3) is 0.235. The molecule has 0 bridgehead atoms. The predicted octanol–water partition coefficient (Wildman–Crippen LogP) is 3.84. The van der Waals surface area contributed by atoms with Gasteiger partial charge in [-0.15, -0.1) is 0 Å². The van der Waals surface area contributed by atoms with E-state index in [4.69, 9.17) is 4.74 Å². The lowest BCUT2D eigenvalue weighted by Crippen LogP contribution is -2.32. The van der Waals surface area contributed by atoms with Crippen LogP contribution >= 0.6 is 0 Å². The van der Waals surface area contributed by atoms with Crippen molar-refractivity contribution in [2.24, 2.45) is 0 Å². The monoisotopic (exact) mass is 332 g/mol. The van der Waals surface area contributed by atoms with Gasteiger partial charge in [-0.05, 0) is 31.0 Å². The smallest absolute Gasteiger partial charge is 0.271 e. The number of hydrogen-bond acceptors (Lipinski definition) is 4. The van der Waals surface area contributed by atoms with Crippen molar-refractivity contribution in [2.45, 2.75) is 26.4 Å². The first-order valence-electron chi connectivity index (χ1n) is 7.39. The zero-order valence-corrected chi connectivity index (χ0v) is 13.3. The van der Waals surface area contributed by atoms with Gasteiger partial charge in [0, 0.05) is 12.1 Å². The van der Waals surface area contributed by atoms with E-state index in [2.05, 4.69) is 5.32 Å².